The van der Waals surface area contributed by atoms with E-state index in [1.165, 1.54) is 24.6 Å². The second-order valence-corrected chi connectivity index (χ2v) is 8.23. The zero-order chi connectivity index (χ0) is 20.1. The van der Waals surface area contributed by atoms with Crippen LogP contribution in [0.25, 0.3) is 0 Å². The number of likely N-dealkylation sites (tertiary alicyclic amines) is 1. The summed E-state index contributed by atoms with van der Waals surface area (Å²) in [7, 11) is 1.67. The third-order valence-electron chi connectivity index (χ3n) is 5.39. The average molecular weight is 418 g/mol. The number of hydrogen-bond acceptors (Lipinski definition) is 8. The van der Waals surface area contributed by atoms with E-state index in [4.69, 9.17) is 9.15 Å². The summed E-state index contributed by atoms with van der Waals surface area (Å²) in [5.74, 6) is 1.93. The molecule has 0 aliphatic carbocycles. The number of ether oxygens (including phenoxy) is 1. The maximum Gasteiger partial charge on any atom is 0.277 e. The van der Waals surface area contributed by atoms with Crippen LogP contribution in [0.1, 0.15) is 18.7 Å². The normalized spacial score (nSPS) is 17.7. The van der Waals surface area contributed by atoms with Crippen LogP contribution in [0.4, 0.5) is 5.69 Å². The fourth-order valence-electron chi connectivity index (χ4n) is 3.71. The van der Waals surface area contributed by atoms with Crippen LogP contribution in [0, 0.1) is 0 Å². The smallest absolute Gasteiger partial charge is 0.277 e. The molecular weight excluding hydrogens is 390 g/mol. The lowest BCUT2D eigenvalue weighted by atomic mass is 10.2. The van der Waals surface area contributed by atoms with E-state index >= 15 is 0 Å². The van der Waals surface area contributed by atoms with Crippen LogP contribution in [-0.4, -0.2) is 78.0 Å². The maximum atomic E-state index is 12.6. The predicted octanol–water partition coefficient (Wildman–Crippen LogP) is 2.11. The van der Waals surface area contributed by atoms with Gasteiger partial charge in [-0.3, -0.25) is 9.69 Å². The van der Waals surface area contributed by atoms with Crippen LogP contribution in [0.5, 0.6) is 5.75 Å². The van der Waals surface area contributed by atoms with Crippen LogP contribution >= 0.6 is 11.8 Å². The number of carbonyl (C=O) groups excluding carboxylic acids is 1. The Kier molecular flexibility index (Phi) is 6.56. The molecule has 1 amide bonds. The third kappa shape index (κ3) is 5.22. The highest BCUT2D eigenvalue weighted by Gasteiger charge is 2.22. The molecule has 0 radical (unpaired) electrons. The van der Waals surface area contributed by atoms with Gasteiger partial charge in [0.05, 0.1) is 19.4 Å². The fraction of sp³-hybridized carbons (Fsp3) is 0.550. The van der Waals surface area contributed by atoms with Crippen LogP contribution in [0.3, 0.4) is 0 Å². The lowest BCUT2D eigenvalue weighted by molar-refractivity contribution is -0.128. The molecule has 2 fully saturated rings. The summed E-state index contributed by atoms with van der Waals surface area (Å²) < 4.78 is 10.9. The average Bonchev–Trinajstić information content (AvgIpc) is 3.45. The number of benzene rings is 1. The molecule has 3 heterocycles. The van der Waals surface area contributed by atoms with Crippen LogP contribution in [0.15, 0.2) is 33.9 Å². The Bertz CT molecular complexity index is 799. The Morgan fingerprint density at radius 3 is 2.48 bits per heavy atom. The van der Waals surface area contributed by atoms with Gasteiger partial charge in [-0.2, -0.15) is 0 Å². The first-order valence-electron chi connectivity index (χ1n) is 10.1. The number of anilines is 1. The zero-order valence-electron chi connectivity index (χ0n) is 16.7. The molecule has 0 spiro atoms. The number of thioether (sulfide) groups is 1. The number of nitrogens with zero attached hydrogens (tertiary/aromatic N) is 5. The molecule has 9 heteroatoms. The first-order chi connectivity index (χ1) is 14.2. The monoisotopic (exact) mass is 417 g/mol. The molecule has 1 aromatic heterocycles. The second-order valence-electron chi connectivity index (χ2n) is 7.30. The largest absolute Gasteiger partial charge is 0.497 e. The van der Waals surface area contributed by atoms with Gasteiger partial charge < -0.3 is 19.0 Å². The summed E-state index contributed by atoms with van der Waals surface area (Å²) in [6.45, 7) is 5.96. The summed E-state index contributed by atoms with van der Waals surface area (Å²) in [5.41, 5.74) is 1.16. The number of aromatic nitrogens is 2. The van der Waals surface area contributed by atoms with Crippen molar-refractivity contribution in [1.29, 1.82) is 0 Å². The Morgan fingerprint density at radius 1 is 1.07 bits per heavy atom. The van der Waals surface area contributed by atoms with Crippen LogP contribution in [0.2, 0.25) is 0 Å². The number of piperazine rings is 1. The van der Waals surface area contributed by atoms with Crippen LogP contribution < -0.4 is 9.64 Å². The Hall–Kier alpha value is -2.26. The number of hydrogen-bond donors (Lipinski definition) is 0. The summed E-state index contributed by atoms with van der Waals surface area (Å²) in [5, 5.41) is 8.65. The highest BCUT2D eigenvalue weighted by molar-refractivity contribution is 7.99. The summed E-state index contributed by atoms with van der Waals surface area (Å²) in [6.07, 6.45) is 2.46. The molecule has 0 atom stereocenters. The molecule has 2 saturated heterocycles. The van der Waals surface area contributed by atoms with Crippen LogP contribution in [-0.2, 0) is 11.3 Å². The zero-order valence-corrected chi connectivity index (χ0v) is 17.6. The Labute approximate surface area is 175 Å². The van der Waals surface area contributed by atoms with Gasteiger partial charge in [0.1, 0.15) is 5.75 Å². The number of amides is 1. The van der Waals surface area contributed by atoms with E-state index in [2.05, 4.69) is 32.1 Å². The highest BCUT2D eigenvalue weighted by Crippen LogP contribution is 2.22. The standard InChI is InChI=1S/C20H27N5O3S/c1-27-17-6-4-16(5-7-17)24-10-12-25(13-11-24)19(26)15-29-20-22-21-18(28-20)14-23-8-2-3-9-23/h4-7H,2-3,8-15H2,1H3. The lowest BCUT2D eigenvalue weighted by Gasteiger charge is -2.36. The van der Waals surface area contributed by atoms with Gasteiger partial charge in [-0.1, -0.05) is 11.8 Å². The molecule has 0 N–H and O–H groups in total. The van der Waals surface area contributed by atoms with Crippen molar-refractivity contribution in [2.45, 2.75) is 24.6 Å². The quantitative estimate of drug-likeness (QED) is 0.634. The van der Waals surface area contributed by atoms with Crippen molar-refractivity contribution in [3.05, 3.63) is 30.2 Å². The molecule has 1 aromatic carbocycles. The number of rotatable bonds is 7. The molecule has 2 aromatic rings. The number of carbonyl (C=O) groups is 1. The van der Waals surface area contributed by atoms with Crippen molar-refractivity contribution >= 4 is 23.4 Å². The minimum atomic E-state index is 0.115. The van der Waals surface area contributed by atoms with Crippen molar-refractivity contribution in [1.82, 2.24) is 20.0 Å². The highest BCUT2D eigenvalue weighted by atomic mass is 32.2. The first-order valence-corrected chi connectivity index (χ1v) is 11.0. The van der Waals surface area contributed by atoms with Gasteiger partial charge in [0.2, 0.25) is 11.8 Å². The molecule has 8 nitrogen and oxygen atoms in total. The van der Waals surface area contributed by atoms with Crippen molar-refractivity contribution < 1.29 is 13.9 Å². The predicted molar refractivity (Wildman–Crippen MR) is 111 cm³/mol. The summed E-state index contributed by atoms with van der Waals surface area (Å²) >= 11 is 1.32. The molecule has 156 valence electrons. The van der Waals surface area contributed by atoms with Gasteiger partial charge in [-0.15, -0.1) is 10.2 Å². The topological polar surface area (TPSA) is 74.9 Å². The molecule has 29 heavy (non-hydrogen) atoms. The molecule has 0 unspecified atom stereocenters. The van der Waals surface area contributed by atoms with Gasteiger partial charge in [0.15, 0.2) is 0 Å². The minimum Gasteiger partial charge on any atom is -0.497 e. The first kappa shape index (κ1) is 20.0. The Morgan fingerprint density at radius 2 is 1.79 bits per heavy atom. The third-order valence-corrected chi connectivity index (χ3v) is 6.20. The van der Waals surface area contributed by atoms with Gasteiger partial charge in [-0.05, 0) is 50.2 Å². The van der Waals surface area contributed by atoms with Gasteiger partial charge >= 0.3 is 0 Å². The molecule has 0 saturated carbocycles. The lowest BCUT2D eigenvalue weighted by Crippen LogP contribution is -2.49. The molecule has 2 aliphatic heterocycles. The van der Waals surface area contributed by atoms with E-state index < -0.39 is 0 Å². The van der Waals surface area contributed by atoms with E-state index in [1.807, 2.05) is 17.0 Å². The van der Waals surface area contributed by atoms with Gasteiger partial charge in [0.25, 0.3) is 5.22 Å². The molecule has 0 bridgehead atoms. The summed E-state index contributed by atoms with van der Waals surface area (Å²) in [4.78, 5) is 19.1. The van der Waals surface area contributed by atoms with Crippen molar-refractivity contribution in [3.8, 4) is 5.75 Å². The maximum absolute atomic E-state index is 12.6. The van der Waals surface area contributed by atoms with E-state index in [1.54, 1.807) is 7.11 Å². The SMILES string of the molecule is COc1ccc(N2CCN(C(=O)CSc3nnc(CN4CCCC4)o3)CC2)cc1. The number of methoxy groups -OCH3 is 1. The van der Waals surface area contributed by atoms with Gasteiger partial charge in [0, 0.05) is 31.9 Å². The van der Waals surface area contributed by atoms with Gasteiger partial charge in [-0.25, -0.2) is 0 Å². The van der Waals surface area contributed by atoms with E-state index in [0.717, 1.165) is 50.7 Å². The van der Waals surface area contributed by atoms with Crippen molar-refractivity contribution in [2.24, 2.45) is 0 Å². The van der Waals surface area contributed by atoms with E-state index in [0.29, 0.717) is 23.4 Å². The van der Waals surface area contributed by atoms with Crippen molar-refractivity contribution in [2.75, 3.05) is 57.0 Å². The second kappa shape index (κ2) is 9.49. The fourth-order valence-corrected chi connectivity index (χ4v) is 4.40. The van der Waals surface area contributed by atoms with E-state index in [-0.39, 0.29) is 5.91 Å². The molecule has 2 aliphatic rings. The van der Waals surface area contributed by atoms with Crippen molar-refractivity contribution in [3.63, 3.8) is 0 Å². The summed E-state index contributed by atoms with van der Waals surface area (Å²) in [6, 6.07) is 8.04. The minimum absolute atomic E-state index is 0.115. The Balaban J connectivity index is 1.21. The van der Waals surface area contributed by atoms with E-state index in [9.17, 15) is 4.79 Å². The molecular formula is C20H27N5O3S. The molecule has 4 rings (SSSR count).